The zero-order valence-electron chi connectivity index (χ0n) is 19.5. The molecule has 2 aromatic rings. The Hall–Kier alpha value is -1.66. The third kappa shape index (κ3) is 6.69. The third-order valence-electron chi connectivity index (χ3n) is 6.05. The fourth-order valence-electron chi connectivity index (χ4n) is 4.34. The van der Waals surface area contributed by atoms with E-state index in [4.69, 9.17) is 27.9 Å². The summed E-state index contributed by atoms with van der Waals surface area (Å²) in [5.74, 6) is -0.682. The first-order chi connectivity index (χ1) is 15.6. The number of carbonyl (C=O) groups excluding carboxylic acids is 1. The van der Waals surface area contributed by atoms with Gasteiger partial charge >= 0.3 is 5.97 Å². The van der Waals surface area contributed by atoms with Crippen LogP contribution in [-0.4, -0.2) is 47.5 Å². The Bertz CT molecular complexity index is 1010. The monoisotopic (exact) mass is 492 g/mol. The van der Waals surface area contributed by atoms with Crippen LogP contribution in [0.2, 0.25) is 10.0 Å². The van der Waals surface area contributed by atoms with E-state index in [0.717, 1.165) is 62.3 Å². The summed E-state index contributed by atoms with van der Waals surface area (Å²) >= 11 is 12.3. The molecule has 2 fully saturated rings. The molecule has 4 rings (SSSR count). The fourth-order valence-corrected chi connectivity index (χ4v) is 4.91. The standard InChI is InChI=1S/C26H31Cl2FN2O2/c1-26(2,3)33-25(32)23-14-22(18-4-5-18)19(12-24(23)29)16-31-8-6-30(7-9-31)15-17-10-20(27)13-21(28)11-17/h10-14,18H,4-9,15-16H2,1-3H3. The average Bonchev–Trinajstić information content (AvgIpc) is 3.52. The lowest BCUT2D eigenvalue weighted by atomic mass is 9.98. The van der Waals surface area contributed by atoms with Crippen molar-refractivity contribution in [3.05, 3.63) is 68.4 Å². The lowest BCUT2D eigenvalue weighted by Gasteiger charge is -2.35. The molecule has 33 heavy (non-hydrogen) atoms. The highest BCUT2D eigenvalue weighted by atomic mass is 35.5. The SMILES string of the molecule is CC(C)(C)OC(=O)c1cc(C2CC2)c(CN2CCN(Cc3cc(Cl)cc(Cl)c3)CC2)cc1F. The van der Waals surface area contributed by atoms with E-state index < -0.39 is 17.4 Å². The summed E-state index contributed by atoms with van der Waals surface area (Å²) in [7, 11) is 0. The number of hydrogen-bond donors (Lipinski definition) is 0. The predicted molar refractivity (Wildman–Crippen MR) is 131 cm³/mol. The topological polar surface area (TPSA) is 32.8 Å². The molecule has 1 aliphatic carbocycles. The average molecular weight is 493 g/mol. The van der Waals surface area contributed by atoms with Crippen molar-refractivity contribution in [2.24, 2.45) is 0 Å². The quantitative estimate of drug-likeness (QED) is 0.444. The highest BCUT2D eigenvalue weighted by Crippen LogP contribution is 2.43. The Morgan fingerprint density at radius 3 is 2.09 bits per heavy atom. The van der Waals surface area contributed by atoms with Gasteiger partial charge in [-0.15, -0.1) is 0 Å². The van der Waals surface area contributed by atoms with E-state index in [1.54, 1.807) is 39.0 Å². The molecule has 0 spiro atoms. The number of nitrogens with zero attached hydrogens (tertiary/aromatic N) is 2. The number of halogens is 3. The summed E-state index contributed by atoms with van der Waals surface area (Å²) in [6.07, 6.45) is 2.17. The van der Waals surface area contributed by atoms with Crippen LogP contribution in [-0.2, 0) is 17.8 Å². The maximum Gasteiger partial charge on any atom is 0.341 e. The normalized spacial score (nSPS) is 17.9. The Morgan fingerprint density at radius 1 is 0.970 bits per heavy atom. The Kier molecular flexibility index (Phi) is 7.35. The van der Waals surface area contributed by atoms with Crippen LogP contribution in [0.15, 0.2) is 30.3 Å². The molecule has 1 saturated carbocycles. The molecule has 2 aromatic carbocycles. The molecule has 0 radical (unpaired) electrons. The highest BCUT2D eigenvalue weighted by molar-refractivity contribution is 6.34. The van der Waals surface area contributed by atoms with Crippen LogP contribution < -0.4 is 0 Å². The molecule has 1 saturated heterocycles. The first-order valence-electron chi connectivity index (χ1n) is 11.5. The van der Waals surface area contributed by atoms with E-state index in [2.05, 4.69) is 9.80 Å². The van der Waals surface area contributed by atoms with Gasteiger partial charge in [-0.25, -0.2) is 9.18 Å². The number of ether oxygens (including phenoxy) is 1. The minimum atomic E-state index is -0.655. The maximum absolute atomic E-state index is 14.9. The van der Waals surface area contributed by atoms with Gasteiger partial charge in [-0.1, -0.05) is 23.2 Å². The zero-order valence-corrected chi connectivity index (χ0v) is 21.0. The number of piperazine rings is 1. The molecular weight excluding hydrogens is 462 g/mol. The van der Waals surface area contributed by atoms with E-state index >= 15 is 0 Å². The zero-order chi connectivity index (χ0) is 23.8. The lowest BCUT2D eigenvalue weighted by Crippen LogP contribution is -2.45. The first-order valence-corrected chi connectivity index (χ1v) is 12.3. The van der Waals surface area contributed by atoms with Crippen molar-refractivity contribution < 1.29 is 13.9 Å². The van der Waals surface area contributed by atoms with E-state index in [0.29, 0.717) is 22.5 Å². The second-order valence-corrected chi connectivity index (χ2v) is 11.0. The minimum Gasteiger partial charge on any atom is -0.456 e. The Morgan fingerprint density at radius 2 is 1.55 bits per heavy atom. The Balaban J connectivity index is 1.41. The van der Waals surface area contributed by atoms with Gasteiger partial charge in [-0.2, -0.15) is 0 Å². The van der Waals surface area contributed by atoms with Crippen LogP contribution in [0.1, 0.15) is 66.6 Å². The van der Waals surface area contributed by atoms with Gasteiger partial charge in [0.1, 0.15) is 11.4 Å². The van der Waals surface area contributed by atoms with Crippen LogP contribution in [0, 0.1) is 5.82 Å². The van der Waals surface area contributed by atoms with Crippen molar-refractivity contribution in [1.29, 1.82) is 0 Å². The first kappa shape index (κ1) is 24.5. The van der Waals surface area contributed by atoms with Gasteiger partial charge in [0, 0.05) is 49.3 Å². The van der Waals surface area contributed by atoms with Crippen molar-refractivity contribution >= 4 is 29.2 Å². The number of benzene rings is 2. The summed E-state index contributed by atoms with van der Waals surface area (Å²) in [6, 6.07) is 8.94. The molecule has 0 aromatic heterocycles. The molecule has 0 atom stereocenters. The molecule has 0 N–H and O–H groups in total. The molecule has 0 bridgehead atoms. The predicted octanol–water partition coefficient (Wildman–Crippen LogP) is 6.28. The molecule has 0 unspecified atom stereocenters. The second-order valence-electron chi connectivity index (χ2n) is 10.1. The molecule has 178 valence electrons. The molecule has 1 heterocycles. The third-order valence-corrected chi connectivity index (χ3v) is 6.49. The molecule has 7 heteroatoms. The smallest absolute Gasteiger partial charge is 0.341 e. The van der Waals surface area contributed by atoms with Crippen LogP contribution in [0.25, 0.3) is 0 Å². The molecule has 0 amide bonds. The summed E-state index contributed by atoms with van der Waals surface area (Å²) < 4.78 is 20.3. The highest BCUT2D eigenvalue weighted by Gasteiger charge is 2.30. The summed E-state index contributed by atoms with van der Waals surface area (Å²) in [5.41, 5.74) is 2.57. The lowest BCUT2D eigenvalue weighted by molar-refractivity contribution is 0.00645. The van der Waals surface area contributed by atoms with Gasteiger partial charge < -0.3 is 4.74 Å². The molecule has 1 aliphatic heterocycles. The van der Waals surface area contributed by atoms with E-state index in [1.807, 2.05) is 12.1 Å². The van der Waals surface area contributed by atoms with Crippen molar-refractivity contribution in [2.75, 3.05) is 26.2 Å². The number of esters is 1. The van der Waals surface area contributed by atoms with Gasteiger partial charge in [0.25, 0.3) is 0 Å². The summed E-state index contributed by atoms with van der Waals surface area (Å²) in [5, 5.41) is 1.31. The fraction of sp³-hybridized carbons (Fsp3) is 0.500. The summed E-state index contributed by atoms with van der Waals surface area (Å²) in [4.78, 5) is 17.2. The van der Waals surface area contributed by atoms with Gasteiger partial charge in [0.2, 0.25) is 0 Å². The van der Waals surface area contributed by atoms with Crippen LogP contribution in [0.3, 0.4) is 0 Å². The Labute approximate surface area is 205 Å². The van der Waals surface area contributed by atoms with Crippen molar-refractivity contribution in [2.45, 2.75) is 58.2 Å². The van der Waals surface area contributed by atoms with Crippen molar-refractivity contribution in [1.82, 2.24) is 9.80 Å². The number of hydrogen-bond acceptors (Lipinski definition) is 4. The largest absolute Gasteiger partial charge is 0.456 e. The van der Waals surface area contributed by atoms with E-state index in [1.165, 1.54) is 0 Å². The maximum atomic E-state index is 14.9. The van der Waals surface area contributed by atoms with E-state index in [-0.39, 0.29) is 5.56 Å². The van der Waals surface area contributed by atoms with Gasteiger partial charge in [0.05, 0.1) is 5.56 Å². The number of carbonyl (C=O) groups is 1. The van der Waals surface area contributed by atoms with Crippen molar-refractivity contribution in [3.63, 3.8) is 0 Å². The molecule has 2 aliphatic rings. The van der Waals surface area contributed by atoms with E-state index in [9.17, 15) is 9.18 Å². The van der Waals surface area contributed by atoms with Crippen molar-refractivity contribution in [3.8, 4) is 0 Å². The van der Waals surface area contributed by atoms with Gasteiger partial charge in [-0.3, -0.25) is 9.80 Å². The summed E-state index contributed by atoms with van der Waals surface area (Å²) in [6.45, 7) is 10.5. The van der Waals surface area contributed by atoms with Crippen LogP contribution in [0.5, 0.6) is 0 Å². The number of rotatable bonds is 6. The van der Waals surface area contributed by atoms with Gasteiger partial charge in [-0.05, 0) is 86.6 Å². The van der Waals surface area contributed by atoms with Gasteiger partial charge in [0.15, 0.2) is 0 Å². The van der Waals surface area contributed by atoms with Crippen LogP contribution in [0.4, 0.5) is 4.39 Å². The second kappa shape index (κ2) is 9.91. The van der Waals surface area contributed by atoms with Crippen LogP contribution >= 0.6 is 23.2 Å². The molecule has 4 nitrogen and oxygen atoms in total. The minimum absolute atomic E-state index is 0.0422. The molecular formula is C26H31Cl2FN2O2.